The highest BCUT2D eigenvalue weighted by Crippen LogP contribution is 2.57. The average molecular weight is 415 g/mol. The highest BCUT2D eigenvalue weighted by atomic mass is 14.5. The van der Waals surface area contributed by atoms with Crippen LogP contribution in [0.3, 0.4) is 0 Å². The Morgan fingerprint density at radius 2 is 1.30 bits per heavy atom. The molecule has 174 valence electrons. The Bertz CT molecular complexity index is 494. The fraction of sp³-hybridized carbons (Fsp3) is 1.00. The SMILES string of the molecule is CCCCCC1CC2CCCCC2C1C1CCCC(C2CCC(C)C(CCC)C2)C1. The Hall–Kier alpha value is 0. The molecule has 9 unspecified atom stereocenters. The van der Waals surface area contributed by atoms with Crippen LogP contribution in [0.25, 0.3) is 0 Å². The maximum atomic E-state index is 2.56. The average Bonchev–Trinajstić information content (AvgIpc) is 3.14. The van der Waals surface area contributed by atoms with Crippen molar-refractivity contribution in [2.45, 2.75) is 136 Å². The molecule has 4 aliphatic carbocycles. The summed E-state index contributed by atoms with van der Waals surface area (Å²) >= 11 is 0. The monoisotopic (exact) mass is 414 g/mol. The third-order valence-corrected chi connectivity index (χ3v) is 10.8. The van der Waals surface area contributed by atoms with E-state index in [4.69, 9.17) is 0 Å². The summed E-state index contributed by atoms with van der Waals surface area (Å²) in [6, 6.07) is 0. The van der Waals surface area contributed by atoms with Crippen LogP contribution in [0.1, 0.15) is 136 Å². The lowest BCUT2D eigenvalue weighted by Gasteiger charge is -2.44. The van der Waals surface area contributed by atoms with E-state index in [0.717, 1.165) is 53.3 Å². The third-order valence-electron chi connectivity index (χ3n) is 10.8. The molecule has 0 N–H and O–H groups in total. The van der Waals surface area contributed by atoms with Crippen molar-refractivity contribution in [3.05, 3.63) is 0 Å². The van der Waals surface area contributed by atoms with Gasteiger partial charge < -0.3 is 0 Å². The molecule has 0 aromatic carbocycles. The quantitative estimate of drug-likeness (QED) is 0.347. The van der Waals surface area contributed by atoms with Gasteiger partial charge in [0.05, 0.1) is 0 Å². The van der Waals surface area contributed by atoms with Gasteiger partial charge in [-0.25, -0.2) is 0 Å². The minimum atomic E-state index is 1.00. The molecule has 0 aromatic heterocycles. The van der Waals surface area contributed by atoms with Gasteiger partial charge in [-0.1, -0.05) is 104 Å². The van der Waals surface area contributed by atoms with E-state index in [1.807, 2.05) is 0 Å². The van der Waals surface area contributed by atoms with Crippen molar-refractivity contribution >= 4 is 0 Å². The fourth-order valence-corrected chi connectivity index (χ4v) is 9.33. The lowest BCUT2D eigenvalue weighted by atomic mass is 9.61. The Labute approximate surface area is 189 Å². The van der Waals surface area contributed by atoms with Crippen molar-refractivity contribution in [1.29, 1.82) is 0 Å². The van der Waals surface area contributed by atoms with Crippen LogP contribution in [0.15, 0.2) is 0 Å². The second kappa shape index (κ2) is 11.2. The molecule has 0 amide bonds. The molecule has 4 fully saturated rings. The van der Waals surface area contributed by atoms with E-state index in [1.165, 1.54) is 38.5 Å². The Kier molecular flexibility index (Phi) is 8.67. The third kappa shape index (κ3) is 5.31. The van der Waals surface area contributed by atoms with Gasteiger partial charge in [-0.15, -0.1) is 0 Å². The highest BCUT2D eigenvalue weighted by Gasteiger charge is 2.48. The van der Waals surface area contributed by atoms with E-state index >= 15 is 0 Å². The maximum absolute atomic E-state index is 2.56. The summed E-state index contributed by atoms with van der Waals surface area (Å²) in [6.45, 7) is 7.35. The molecule has 9 atom stereocenters. The van der Waals surface area contributed by atoms with E-state index < -0.39 is 0 Å². The van der Waals surface area contributed by atoms with Gasteiger partial charge in [0, 0.05) is 0 Å². The molecule has 0 heteroatoms. The zero-order valence-corrected chi connectivity index (χ0v) is 20.9. The molecule has 30 heavy (non-hydrogen) atoms. The Morgan fingerprint density at radius 3 is 2.13 bits per heavy atom. The molecule has 0 heterocycles. The summed E-state index contributed by atoms with van der Waals surface area (Å²) in [4.78, 5) is 0. The lowest BCUT2D eigenvalue weighted by molar-refractivity contribution is 0.0571. The number of unbranched alkanes of at least 4 members (excludes halogenated alkanes) is 2. The summed E-state index contributed by atoms with van der Waals surface area (Å²) in [5.41, 5.74) is 0. The number of rotatable bonds is 8. The first kappa shape index (κ1) is 23.2. The molecule has 0 nitrogen and oxygen atoms in total. The predicted octanol–water partition coefficient (Wildman–Crippen LogP) is 9.67. The molecule has 0 bridgehead atoms. The van der Waals surface area contributed by atoms with Gasteiger partial charge in [0.25, 0.3) is 0 Å². The molecular weight excluding hydrogens is 360 g/mol. The summed E-state index contributed by atoms with van der Waals surface area (Å²) in [5.74, 6) is 9.82. The molecule has 4 aliphatic rings. The first-order chi connectivity index (χ1) is 14.7. The van der Waals surface area contributed by atoms with Crippen LogP contribution >= 0.6 is 0 Å². The van der Waals surface area contributed by atoms with Gasteiger partial charge in [-0.05, 0) is 85.4 Å². The molecule has 4 saturated carbocycles. The summed E-state index contributed by atoms with van der Waals surface area (Å²) < 4.78 is 0. The van der Waals surface area contributed by atoms with Gasteiger partial charge in [0.15, 0.2) is 0 Å². The summed E-state index contributed by atoms with van der Waals surface area (Å²) in [6.07, 6.45) is 27.8. The zero-order chi connectivity index (χ0) is 20.9. The zero-order valence-electron chi connectivity index (χ0n) is 20.9. The van der Waals surface area contributed by atoms with Gasteiger partial charge in [-0.3, -0.25) is 0 Å². The van der Waals surface area contributed by atoms with Crippen molar-refractivity contribution in [2.75, 3.05) is 0 Å². The largest absolute Gasteiger partial charge is 0.0654 e. The molecule has 0 aromatic rings. The molecule has 0 aliphatic heterocycles. The van der Waals surface area contributed by atoms with Crippen molar-refractivity contribution in [2.24, 2.45) is 53.3 Å². The van der Waals surface area contributed by atoms with Crippen molar-refractivity contribution < 1.29 is 0 Å². The predicted molar refractivity (Wildman–Crippen MR) is 132 cm³/mol. The lowest BCUT2D eigenvalue weighted by Crippen LogP contribution is -2.35. The van der Waals surface area contributed by atoms with Gasteiger partial charge in [0.1, 0.15) is 0 Å². The Balaban J connectivity index is 1.41. The second-order valence-corrected chi connectivity index (χ2v) is 12.6. The minimum absolute atomic E-state index is 1.00. The van der Waals surface area contributed by atoms with E-state index in [2.05, 4.69) is 20.8 Å². The van der Waals surface area contributed by atoms with Crippen LogP contribution in [0, 0.1) is 53.3 Å². The molecule has 0 saturated heterocycles. The van der Waals surface area contributed by atoms with Crippen molar-refractivity contribution in [1.82, 2.24) is 0 Å². The van der Waals surface area contributed by atoms with Crippen LogP contribution < -0.4 is 0 Å². The second-order valence-electron chi connectivity index (χ2n) is 12.6. The van der Waals surface area contributed by atoms with Gasteiger partial charge in [0.2, 0.25) is 0 Å². The summed E-state index contributed by atoms with van der Waals surface area (Å²) in [7, 11) is 0. The highest BCUT2D eigenvalue weighted by molar-refractivity contribution is 4.97. The number of hydrogen-bond acceptors (Lipinski definition) is 0. The van der Waals surface area contributed by atoms with E-state index in [1.54, 1.807) is 77.0 Å². The maximum Gasteiger partial charge on any atom is -0.0326 e. The first-order valence-corrected chi connectivity index (χ1v) is 14.7. The number of hydrogen-bond donors (Lipinski definition) is 0. The smallest absolute Gasteiger partial charge is 0.0326 e. The van der Waals surface area contributed by atoms with Crippen molar-refractivity contribution in [3.63, 3.8) is 0 Å². The summed E-state index contributed by atoms with van der Waals surface area (Å²) in [5, 5.41) is 0. The van der Waals surface area contributed by atoms with Crippen LogP contribution in [-0.2, 0) is 0 Å². The van der Waals surface area contributed by atoms with Crippen molar-refractivity contribution in [3.8, 4) is 0 Å². The molecule has 0 radical (unpaired) electrons. The first-order valence-electron chi connectivity index (χ1n) is 14.7. The molecule has 0 spiro atoms. The van der Waals surface area contributed by atoms with Gasteiger partial charge in [-0.2, -0.15) is 0 Å². The number of fused-ring (bicyclic) bond motifs is 1. The van der Waals surface area contributed by atoms with E-state index in [0.29, 0.717) is 0 Å². The van der Waals surface area contributed by atoms with Crippen LogP contribution in [0.2, 0.25) is 0 Å². The van der Waals surface area contributed by atoms with Crippen LogP contribution in [0.5, 0.6) is 0 Å². The normalized spacial score (nSPS) is 44.7. The van der Waals surface area contributed by atoms with E-state index in [9.17, 15) is 0 Å². The van der Waals surface area contributed by atoms with Crippen LogP contribution in [-0.4, -0.2) is 0 Å². The molecule has 4 rings (SSSR count). The fourth-order valence-electron chi connectivity index (χ4n) is 9.33. The van der Waals surface area contributed by atoms with Crippen LogP contribution in [0.4, 0.5) is 0 Å². The Morgan fingerprint density at radius 1 is 0.567 bits per heavy atom. The van der Waals surface area contributed by atoms with E-state index in [-0.39, 0.29) is 0 Å². The standard InChI is InChI=1S/C30H54/c1-4-6-7-13-27-21-26-12-8-9-16-29(26)30(27)28-15-10-14-24(20-28)25-18-17-22(3)23(19-25)11-5-2/h22-30H,4-21H2,1-3H3. The van der Waals surface area contributed by atoms with Gasteiger partial charge >= 0.3 is 0 Å². The topological polar surface area (TPSA) is 0 Å². The minimum Gasteiger partial charge on any atom is -0.0654 e. The molecular formula is C30H54.